The van der Waals surface area contributed by atoms with Crippen LogP contribution in [0.3, 0.4) is 0 Å². The van der Waals surface area contributed by atoms with Crippen molar-refractivity contribution in [2.75, 3.05) is 33.4 Å². The molecular formula is C22H35N3O3. The van der Waals surface area contributed by atoms with E-state index in [9.17, 15) is 4.79 Å². The Balaban J connectivity index is 1.71. The minimum atomic E-state index is -0.892. The molecule has 3 N–H and O–H groups in total. The molecule has 1 saturated carbocycles. The fourth-order valence-corrected chi connectivity index (χ4v) is 4.53. The van der Waals surface area contributed by atoms with Crippen LogP contribution in [0.2, 0.25) is 0 Å². The van der Waals surface area contributed by atoms with Gasteiger partial charge in [-0.15, -0.1) is 0 Å². The Morgan fingerprint density at radius 3 is 2.68 bits per heavy atom. The molecule has 1 aliphatic carbocycles. The molecule has 1 aromatic carbocycles. The normalized spacial score (nSPS) is 27.8. The maximum absolute atomic E-state index is 13.1. The number of hydrogen-bond donors (Lipinski definition) is 2. The lowest BCUT2D eigenvalue weighted by molar-refractivity contribution is -0.170. The van der Waals surface area contributed by atoms with Gasteiger partial charge in [0.2, 0.25) is 5.91 Å². The van der Waals surface area contributed by atoms with Crippen LogP contribution in [0.25, 0.3) is 0 Å². The van der Waals surface area contributed by atoms with Gasteiger partial charge in [0.25, 0.3) is 0 Å². The van der Waals surface area contributed by atoms with Crippen LogP contribution in [0.15, 0.2) is 24.3 Å². The molecule has 0 radical (unpaired) electrons. The van der Waals surface area contributed by atoms with Crippen molar-refractivity contribution in [3.05, 3.63) is 29.8 Å². The molecule has 3 rings (SSSR count). The molecule has 28 heavy (non-hydrogen) atoms. The first-order valence-corrected chi connectivity index (χ1v) is 10.4. The summed E-state index contributed by atoms with van der Waals surface area (Å²) in [4.78, 5) is 15.5. The summed E-state index contributed by atoms with van der Waals surface area (Å²) in [5.41, 5.74) is 6.43. The monoisotopic (exact) mass is 389 g/mol. The topological polar surface area (TPSA) is 76.8 Å². The second-order valence-electron chi connectivity index (χ2n) is 8.59. The lowest BCUT2D eigenvalue weighted by atomic mass is 9.54. The van der Waals surface area contributed by atoms with E-state index in [0.29, 0.717) is 19.6 Å². The molecule has 2 aliphatic rings. The molecule has 6 heteroatoms. The van der Waals surface area contributed by atoms with Gasteiger partial charge in [0.1, 0.15) is 11.3 Å². The number of nitrogens with two attached hydrogens (primary N) is 1. The van der Waals surface area contributed by atoms with E-state index in [1.165, 1.54) is 12.8 Å². The minimum Gasteiger partial charge on any atom is -0.497 e. The molecule has 0 bridgehead atoms. The summed E-state index contributed by atoms with van der Waals surface area (Å²) in [7, 11) is 1.68. The first-order chi connectivity index (χ1) is 13.3. The van der Waals surface area contributed by atoms with E-state index in [-0.39, 0.29) is 23.5 Å². The summed E-state index contributed by atoms with van der Waals surface area (Å²) < 4.78 is 11.2. The number of carbonyl (C=O) groups excluding carboxylic acids is 1. The van der Waals surface area contributed by atoms with Crippen LogP contribution in [0.1, 0.15) is 51.6 Å². The summed E-state index contributed by atoms with van der Waals surface area (Å²) in [6, 6.07) is 8.24. The Morgan fingerprint density at radius 1 is 1.36 bits per heavy atom. The van der Waals surface area contributed by atoms with Crippen molar-refractivity contribution in [1.82, 2.24) is 10.2 Å². The van der Waals surface area contributed by atoms with Gasteiger partial charge in [-0.2, -0.15) is 0 Å². The van der Waals surface area contributed by atoms with Gasteiger partial charge in [-0.3, -0.25) is 9.69 Å². The molecule has 156 valence electrons. The van der Waals surface area contributed by atoms with Gasteiger partial charge in [-0.25, -0.2) is 0 Å². The molecule has 1 aromatic rings. The number of nitrogens with zero attached hydrogens (tertiary/aromatic N) is 1. The number of rotatable bonds is 8. The molecule has 3 unspecified atom stereocenters. The van der Waals surface area contributed by atoms with Crippen molar-refractivity contribution < 1.29 is 14.3 Å². The second-order valence-corrected chi connectivity index (χ2v) is 8.59. The van der Waals surface area contributed by atoms with Crippen LogP contribution in [0.5, 0.6) is 5.75 Å². The largest absolute Gasteiger partial charge is 0.497 e. The highest BCUT2D eigenvalue weighted by Gasteiger charge is 2.62. The standard InChI is InChI=1S/C22H35N3O3/c1-5-28-19-14-22(23,21(19,2)3)20(26)24-15-18(25-11-6-7-12-25)16-9-8-10-17(13-16)27-4/h8-10,13,18-19H,5-7,11-12,14-15,23H2,1-4H3,(H,24,26). The van der Waals surface area contributed by atoms with Crippen molar-refractivity contribution in [2.45, 2.75) is 57.7 Å². The van der Waals surface area contributed by atoms with Crippen molar-refractivity contribution in [3.8, 4) is 5.75 Å². The minimum absolute atomic E-state index is 0.0287. The van der Waals surface area contributed by atoms with E-state index in [1.54, 1.807) is 7.11 Å². The molecular weight excluding hydrogens is 354 g/mol. The zero-order chi connectivity index (χ0) is 20.4. The SMILES string of the molecule is CCOC1CC(N)(C(=O)NCC(c2cccc(OC)c2)N2CCCC2)C1(C)C. The number of ether oxygens (including phenoxy) is 2. The van der Waals surface area contributed by atoms with Gasteiger partial charge >= 0.3 is 0 Å². The van der Waals surface area contributed by atoms with Gasteiger partial charge in [-0.05, 0) is 50.6 Å². The van der Waals surface area contributed by atoms with Gasteiger partial charge in [0.15, 0.2) is 0 Å². The third kappa shape index (κ3) is 3.78. The fourth-order valence-electron chi connectivity index (χ4n) is 4.53. The molecule has 1 saturated heterocycles. The van der Waals surface area contributed by atoms with Crippen molar-refractivity contribution in [2.24, 2.45) is 11.1 Å². The highest BCUT2D eigenvalue weighted by molar-refractivity contribution is 5.88. The summed E-state index contributed by atoms with van der Waals surface area (Å²) in [6.07, 6.45) is 2.98. The van der Waals surface area contributed by atoms with Gasteiger partial charge in [0.05, 0.1) is 19.3 Å². The molecule has 0 spiro atoms. The molecule has 1 aliphatic heterocycles. The zero-order valence-corrected chi connectivity index (χ0v) is 17.7. The van der Waals surface area contributed by atoms with Gasteiger partial charge in [0, 0.05) is 25.0 Å². The van der Waals surface area contributed by atoms with Crippen LogP contribution in [-0.4, -0.2) is 55.8 Å². The lowest BCUT2D eigenvalue weighted by Gasteiger charge is -2.57. The Hall–Kier alpha value is -1.63. The zero-order valence-electron chi connectivity index (χ0n) is 17.7. The molecule has 1 heterocycles. The summed E-state index contributed by atoms with van der Waals surface area (Å²) in [6.45, 7) is 9.29. The van der Waals surface area contributed by atoms with E-state index < -0.39 is 5.54 Å². The highest BCUT2D eigenvalue weighted by Crippen LogP contribution is 2.49. The van der Waals surface area contributed by atoms with Gasteiger partial charge in [-0.1, -0.05) is 26.0 Å². The quantitative estimate of drug-likeness (QED) is 0.714. The number of benzene rings is 1. The third-order valence-electron chi connectivity index (χ3n) is 6.75. The van der Waals surface area contributed by atoms with Crippen LogP contribution in [0, 0.1) is 5.41 Å². The van der Waals surface area contributed by atoms with Crippen molar-refractivity contribution in [3.63, 3.8) is 0 Å². The van der Waals surface area contributed by atoms with E-state index in [4.69, 9.17) is 15.2 Å². The van der Waals surface area contributed by atoms with E-state index in [2.05, 4.69) is 22.3 Å². The Kier molecular flexibility index (Phi) is 6.32. The van der Waals surface area contributed by atoms with Crippen LogP contribution >= 0.6 is 0 Å². The summed E-state index contributed by atoms with van der Waals surface area (Å²) >= 11 is 0. The maximum atomic E-state index is 13.1. The molecule has 2 fully saturated rings. The van der Waals surface area contributed by atoms with Crippen LogP contribution in [0.4, 0.5) is 0 Å². The Morgan fingerprint density at radius 2 is 2.07 bits per heavy atom. The van der Waals surface area contributed by atoms with Crippen LogP contribution in [-0.2, 0) is 9.53 Å². The number of amides is 1. The molecule has 3 atom stereocenters. The average Bonchev–Trinajstić information content (AvgIpc) is 3.22. The highest BCUT2D eigenvalue weighted by atomic mass is 16.5. The second kappa shape index (κ2) is 8.39. The number of methoxy groups -OCH3 is 1. The van der Waals surface area contributed by atoms with Crippen LogP contribution < -0.4 is 15.8 Å². The predicted molar refractivity (Wildman–Crippen MR) is 110 cm³/mol. The number of carbonyl (C=O) groups is 1. The first kappa shape index (κ1) is 21.1. The molecule has 0 aromatic heterocycles. The smallest absolute Gasteiger partial charge is 0.240 e. The Bertz CT molecular complexity index is 687. The fraction of sp³-hybridized carbons (Fsp3) is 0.682. The number of hydrogen-bond acceptors (Lipinski definition) is 5. The van der Waals surface area contributed by atoms with Crippen molar-refractivity contribution >= 4 is 5.91 Å². The average molecular weight is 390 g/mol. The number of nitrogens with one attached hydrogen (secondary N) is 1. The predicted octanol–water partition coefficient (Wildman–Crippen LogP) is 2.48. The summed E-state index contributed by atoms with van der Waals surface area (Å²) in [5.74, 6) is 0.753. The maximum Gasteiger partial charge on any atom is 0.240 e. The van der Waals surface area contributed by atoms with E-state index >= 15 is 0 Å². The third-order valence-corrected chi connectivity index (χ3v) is 6.75. The van der Waals surface area contributed by atoms with Gasteiger partial charge < -0.3 is 20.5 Å². The first-order valence-electron chi connectivity index (χ1n) is 10.4. The van der Waals surface area contributed by atoms with E-state index in [0.717, 1.165) is 24.4 Å². The summed E-state index contributed by atoms with van der Waals surface area (Å²) in [5, 5.41) is 3.15. The number of likely N-dealkylation sites (tertiary alicyclic amines) is 1. The lowest BCUT2D eigenvalue weighted by Crippen LogP contribution is -2.76. The van der Waals surface area contributed by atoms with Crippen molar-refractivity contribution in [1.29, 1.82) is 0 Å². The van der Waals surface area contributed by atoms with E-state index in [1.807, 2.05) is 32.9 Å². The molecule has 6 nitrogen and oxygen atoms in total. The Labute approximate surface area is 168 Å². The molecule has 1 amide bonds.